The average molecular weight is 361 g/mol. The highest BCUT2D eigenvalue weighted by molar-refractivity contribution is 5.98. The van der Waals surface area contributed by atoms with E-state index < -0.39 is 11.6 Å². The Hall–Kier alpha value is -2.44. The number of nitrogens with two attached hydrogens (primary N) is 1. The predicted molar refractivity (Wildman–Crippen MR) is 99.3 cm³/mol. The van der Waals surface area contributed by atoms with Gasteiger partial charge in [-0.05, 0) is 45.7 Å². The lowest BCUT2D eigenvalue weighted by molar-refractivity contribution is 0.0123. The second kappa shape index (κ2) is 6.70. The maximum absolute atomic E-state index is 12.6. The first-order valence-corrected chi connectivity index (χ1v) is 8.94. The molecule has 1 aromatic carbocycles. The van der Waals surface area contributed by atoms with Crippen LogP contribution in [0.25, 0.3) is 0 Å². The van der Waals surface area contributed by atoms with Crippen LogP contribution in [0.15, 0.2) is 18.2 Å². The van der Waals surface area contributed by atoms with Crippen molar-refractivity contribution in [1.82, 2.24) is 4.90 Å². The van der Waals surface area contributed by atoms with Gasteiger partial charge in [0.05, 0.1) is 36.1 Å². The van der Waals surface area contributed by atoms with Crippen molar-refractivity contribution in [2.45, 2.75) is 51.3 Å². The second-order valence-electron chi connectivity index (χ2n) is 7.91. The van der Waals surface area contributed by atoms with E-state index in [1.807, 2.05) is 31.7 Å². The molecule has 0 spiro atoms. The van der Waals surface area contributed by atoms with E-state index in [9.17, 15) is 9.59 Å². The maximum atomic E-state index is 12.6. The third-order valence-electron chi connectivity index (χ3n) is 4.92. The van der Waals surface area contributed by atoms with Crippen LogP contribution in [-0.2, 0) is 9.47 Å². The van der Waals surface area contributed by atoms with E-state index in [1.165, 1.54) is 7.11 Å². The molecule has 7 heteroatoms. The van der Waals surface area contributed by atoms with Crippen molar-refractivity contribution >= 4 is 23.4 Å². The fourth-order valence-corrected chi connectivity index (χ4v) is 3.83. The molecule has 0 saturated carbocycles. The zero-order valence-electron chi connectivity index (χ0n) is 15.8. The monoisotopic (exact) mass is 361 g/mol. The van der Waals surface area contributed by atoms with Crippen LogP contribution >= 0.6 is 0 Å². The summed E-state index contributed by atoms with van der Waals surface area (Å²) in [5.74, 6) is -0.445. The second-order valence-corrected chi connectivity index (χ2v) is 7.91. The molecule has 2 bridgehead atoms. The van der Waals surface area contributed by atoms with Crippen LogP contribution in [0.2, 0.25) is 0 Å². The number of methoxy groups -OCH3 is 1. The number of rotatable bonds is 2. The molecule has 0 aliphatic carbocycles. The standard InChI is InChI=1S/C19H27N3O4/c1-19(2,3)26-18(24)22-12-8-9-13(22)11-21(10-12)15-7-5-6-14(16(15)20)17(23)25-4/h5-7,12-13H,8-11,20H2,1-4H3/t12-,13+. The highest BCUT2D eigenvalue weighted by Gasteiger charge is 2.44. The third kappa shape index (κ3) is 3.43. The molecule has 3 rings (SSSR count). The molecule has 2 fully saturated rings. The number of ether oxygens (including phenoxy) is 2. The van der Waals surface area contributed by atoms with Crippen molar-refractivity contribution < 1.29 is 19.1 Å². The van der Waals surface area contributed by atoms with Gasteiger partial charge >= 0.3 is 12.1 Å². The number of carbonyl (C=O) groups excluding carboxylic acids is 2. The first-order chi connectivity index (χ1) is 12.2. The normalized spacial score (nSPS) is 22.3. The number of nitrogens with zero attached hydrogens (tertiary/aromatic N) is 2. The smallest absolute Gasteiger partial charge is 0.410 e. The van der Waals surface area contributed by atoms with Gasteiger partial charge in [-0.3, -0.25) is 4.90 Å². The summed E-state index contributed by atoms with van der Waals surface area (Å²) in [5, 5.41) is 0. The molecule has 2 N–H and O–H groups in total. The Kier molecular flexibility index (Phi) is 4.73. The van der Waals surface area contributed by atoms with Gasteiger partial charge in [-0.15, -0.1) is 0 Å². The number of hydrogen-bond donors (Lipinski definition) is 1. The van der Waals surface area contributed by atoms with Gasteiger partial charge < -0.3 is 20.1 Å². The van der Waals surface area contributed by atoms with E-state index in [-0.39, 0.29) is 18.2 Å². The molecule has 1 amide bonds. The number of esters is 1. The minimum absolute atomic E-state index is 0.0878. The molecule has 2 heterocycles. The van der Waals surface area contributed by atoms with Crippen LogP contribution in [0, 0.1) is 0 Å². The van der Waals surface area contributed by atoms with Crippen molar-refractivity contribution in [3.8, 4) is 0 Å². The Morgan fingerprint density at radius 2 is 1.77 bits per heavy atom. The van der Waals surface area contributed by atoms with Crippen molar-refractivity contribution in [2.24, 2.45) is 0 Å². The van der Waals surface area contributed by atoms with Crippen LogP contribution in [0.3, 0.4) is 0 Å². The Labute approximate surface area is 154 Å². The lowest BCUT2D eigenvalue weighted by Crippen LogP contribution is -2.57. The van der Waals surface area contributed by atoms with Crippen molar-refractivity contribution in [3.63, 3.8) is 0 Å². The Balaban J connectivity index is 1.80. The molecule has 2 aliphatic rings. The number of hydrogen-bond acceptors (Lipinski definition) is 6. The van der Waals surface area contributed by atoms with E-state index in [0.717, 1.165) is 18.5 Å². The van der Waals surface area contributed by atoms with Crippen molar-refractivity contribution in [1.29, 1.82) is 0 Å². The van der Waals surface area contributed by atoms with Crippen LogP contribution in [-0.4, -0.2) is 54.8 Å². The molecule has 0 aromatic heterocycles. The van der Waals surface area contributed by atoms with Crippen LogP contribution in [0.1, 0.15) is 44.0 Å². The third-order valence-corrected chi connectivity index (χ3v) is 4.92. The number of para-hydroxylation sites is 1. The number of amides is 1. The zero-order valence-corrected chi connectivity index (χ0v) is 15.8. The summed E-state index contributed by atoms with van der Waals surface area (Å²) in [7, 11) is 1.34. The molecule has 0 radical (unpaired) electrons. The summed E-state index contributed by atoms with van der Waals surface area (Å²) >= 11 is 0. The molecule has 2 saturated heterocycles. The zero-order chi connectivity index (χ0) is 19.1. The van der Waals surface area contributed by atoms with Crippen molar-refractivity contribution in [2.75, 3.05) is 30.8 Å². The highest BCUT2D eigenvalue weighted by atomic mass is 16.6. The van der Waals surface area contributed by atoms with Gasteiger partial charge in [0.25, 0.3) is 0 Å². The van der Waals surface area contributed by atoms with Gasteiger partial charge in [0.15, 0.2) is 0 Å². The summed E-state index contributed by atoms with van der Waals surface area (Å²) in [5.41, 5.74) is 7.33. The van der Waals surface area contributed by atoms with Gasteiger partial charge in [-0.25, -0.2) is 9.59 Å². The summed E-state index contributed by atoms with van der Waals surface area (Å²) in [6.45, 7) is 6.97. The lowest BCUT2D eigenvalue weighted by Gasteiger charge is -2.42. The van der Waals surface area contributed by atoms with E-state index in [4.69, 9.17) is 15.2 Å². The Morgan fingerprint density at radius 3 is 2.31 bits per heavy atom. The van der Waals surface area contributed by atoms with E-state index in [0.29, 0.717) is 24.3 Å². The summed E-state index contributed by atoms with van der Waals surface area (Å²) < 4.78 is 10.4. The first kappa shape index (κ1) is 18.4. The number of piperazine rings is 1. The first-order valence-electron chi connectivity index (χ1n) is 8.94. The fourth-order valence-electron chi connectivity index (χ4n) is 3.83. The largest absolute Gasteiger partial charge is 0.465 e. The molecule has 1 aromatic rings. The summed E-state index contributed by atoms with van der Waals surface area (Å²) in [4.78, 5) is 28.5. The number of nitrogen functional groups attached to an aromatic ring is 1. The van der Waals surface area contributed by atoms with Crippen LogP contribution in [0.5, 0.6) is 0 Å². The quantitative estimate of drug-likeness (QED) is 0.644. The molecular formula is C19H27N3O4. The minimum Gasteiger partial charge on any atom is -0.465 e. The lowest BCUT2D eigenvalue weighted by atomic mass is 10.1. The van der Waals surface area contributed by atoms with Gasteiger partial charge in [0.2, 0.25) is 0 Å². The SMILES string of the molecule is COC(=O)c1cccc(N2C[C@H]3CC[C@@H](C2)N3C(=O)OC(C)(C)C)c1N. The molecular weight excluding hydrogens is 334 g/mol. The molecule has 142 valence electrons. The van der Waals surface area contributed by atoms with E-state index >= 15 is 0 Å². The van der Waals surface area contributed by atoms with Gasteiger partial charge in [-0.1, -0.05) is 6.07 Å². The number of benzene rings is 1. The predicted octanol–water partition coefficient (Wildman–Crippen LogP) is 2.64. The minimum atomic E-state index is -0.507. The molecule has 2 aliphatic heterocycles. The average Bonchev–Trinajstić information content (AvgIpc) is 2.83. The number of fused-ring (bicyclic) bond motifs is 2. The molecule has 7 nitrogen and oxygen atoms in total. The Bertz CT molecular complexity index is 699. The van der Waals surface area contributed by atoms with Gasteiger partial charge in [0, 0.05) is 13.1 Å². The summed E-state index contributed by atoms with van der Waals surface area (Å²) in [6.07, 6.45) is 1.63. The topological polar surface area (TPSA) is 85.1 Å². The molecule has 0 unspecified atom stereocenters. The van der Waals surface area contributed by atoms with E-state index in [1.54, 1.807) is 12.1 Å². The van der Waals surface area contributed by atoms with Crippen molar-refractivity contribution in [3.05, 3.63) is 23.8 Å². The van der Waals surface area contributed by atoms with Gasteiger partial charge in [0.1, 0.15) is 5.60 Å². The molecule has 26 heavy (non-hydrogen) atoms. The fraction of sp³-hybridized carbons (Fsp3) is 0.579. The van der Waals surface area contributed by atoms with E-state index in [2.05, 4.69) is 4.90 Å². The maximum Gasteiger partial charge on any atom is 0.410 e. The number of carbonyl (C=O) groups is 2. The Morgan fingerprint density at radius 1 is 1.15 bits per heavy atom. The van der Waals surface area contributed by atoms with Crippen LogP contribution < -0.4 is 10.6 Å². The van der Waals surface area contributed by atoms with Gasteiger partial charge in [-0.2, -0.15) is 0 Å². The molecule has 2 atom stereocenters. The number of anilines is 2. The highest BCUT2D eigenvalue weighted by Crippen LogP contribution is 2.36. The summed E-state index contributed by atoms with van der Waals surface area (Å²) in [6, 6.07) is 5.55. The van der Waals surface area contributed by atoms with Crippen LogP contribution in [0.4, 0.5) is 16.2 Å².